The quantitative estimate of drug-likeness (QED) is 0.899. The first-order valence-corrected chi connectivity index (χ1v) is 7.69. The van der Waals surface area contributed by atoms with Crippen LogP contribution in [0.15, 0.2) is 36.7 Å². The summed E-state index contributed by atoms with van der Waals surface area (Å²) in [4.78, 5) is 15.2. The van der Waals surface area contributed by atoms with Crippen molar-refractivity contribution in [2.45, 2.75) is 24.9 Å². The normalized spacial score (nSPS) is 19.7. The van der Waals surface area contributed by atoms with Gasteiger partial charge in [-0.15, -0.1) is 0 Å². The molecular formula is C17H16ClNO4. The molecule has 0 saturated carbocycles. The Morgan fingerprint density at radius 2 is 2.22 bits per heavy atom. The number of pyridine rings is 1. The lowest BCUT2D eigenvalue weighted by atomic mass is 9.83. The van der Waals surface area contributed by atoms with Crippen molar-refractivity contribution in [3.8, 4) is 5.75 Å². The van der Waals surface area contributed by atoms with Crippen molar-refractivity contribution in [2.24, 2.45) is 0 Å². The van der Waals surface area contributed by atoms with E-state index in [9.17, 15) is 15.0 Å². The van der Waals surface area contributed by atoms with Crippen molar-refractivity contribution < 1.29 is 19.7 Å². The molecule has 1 aromatic heterocycles. The standard InChI is InChI=1S/C17H16ClNO4/c18-12-1-2-14-15(9-12)23-8-6-17(14,22)5-3-11-10-19-7-4-13(11)16(20)21/h1-2,4,7,9-10,22H,3,5-6,8H2,(H,20,21). The predicted molar refractivity (Wildman–Crippen MR) is 85.0 cm³/mol. The second-order valence-electron chi connectivity index (χ2n) is 5.61. The van der Waals surface area contributed by atoms with Gasteiger partial charge in [-0.3, -0.25) is 4.98 Å². The number of carboxylic acids is 1. The van der Waals surface area contributed by atoms with Crippen LogP contribution >= 0.6 is 11.6 Å². The van der Waals surface area contributed by atoms with Gasteiger partial charge in [0.1, 0.15) is 5.75 Å². The van der Waals surface area contributed by atoms with Gasteiger partial charge in [-0.25, -0.2) is 4.79 Å². The molecular weight excluding hydrogens is 318 g/mol. The molecule has 3 rings (SSSR count). The van der Waals surface area contributed by atoms with E-state index in [2.05, 4.69) is 4.98 Å². The maximum atomic E-state index is 11.3. The Morgan fingerprint density at radius 3 is 3.00 bits per heavy atom. The maximum Gasteiger partial charge on any atom is 0.336 e. The SMILES string of the molecule is O=C(O)c1ccncc1CCC1(O)CCOc2cc(Cl)ccc21. The van der Waals surface area contributed by atoms with Gasteiger partial charge in [0.25, 0.3) is 0 Å². The zero-order valence-corrected chi connectivity index (χ0v) is 13.1. The second kappa shape index (κ2) is 6.18. The van der Waals surface area contributed by atoms with Crippen LogP contribution in [-0.4, -0.2) is 27.8 Å². The number of nitrogens with zero attached hydrogens (tertiary/aromatic N) is 1. The van der Waals surface area contributed by atoms with Gasteiger partial charge < -0.3 is 14.9 Å². The number of aryl methyl sites for hydroxylation is 1. The third kappa shape index (κ3) is 3.16. The molecule has 1 aliphatic rings. The Labute approximate surface area is 138 Å². The fourth-order valence-electron chi connectivity index (χ4n) is 2.90. The minimum absolute atomic E-state index is 0.215. The molecule has 1 aliphatic heterocycles. The number of aromatic carboxylic acids is 1. The topological polar surface area (TPSA) is 79.7 Å². The molecule has 6 heteroatoms. The van der Waals surface area contributed by atoms with Crippen molar-refractivity contribution in [3.05, 3.63) is 58.4 Å². The Kier molecular flexibility index (Phi) is 4.24. The van der Waals surface area contributed by atoms with E-state index in [1.54, 1.807) is 18.2 Å². The highest BCUT2D eigenvalue weighted by atomic mass is 35.5. The van der Waals surface area contributed by atoms with E-state index < -0.39 is 11.6 Å². The summed E-state index contributed by atoms with van der Waals surface area (Å²) in [7, 11) is 0. The van der Waals surface area contributed by atoms with Gasteiger partial charge in [0.2, 0.25) is 0 Å². The van der Waals surface area contributed by atoms with Crippen LogP contribution < -0.4 is 4.74 Å². The highest BCUT2D eigenvalue weighted by Crippen LogP contribution is 2.41. The van der Waals surface area contributed by atoms with Crippen LogP contribution in [-0.2, 0) is 12.0 Å². The smallest absolute Gasteiger partial charge is 0.336 e. The molecule has 0 aliphatic carbocycles. The van der Waals surface area contributed by atoms with Crippen LogP contribution in [0.4, 0.5) is 0 Å². The summed E-state index contributed by atoms with van der Waals surface area (Å²) in [6.07, 6.45) is 4.23. The van der Waals surface area contributed by atoms with Crippen molar-refractivity contribution in [1.29, 1.82) is 0 Å². The lowest BCUT2D eigenvalue weighted by Crippen LogP contribution is -2.33. The molecule has 2 heterocycles. The first-order valence-electron chi connectivity index (χ1n) is 7.31. The zero-order valence-electron chi connectivity index (χ0n) is 12.3. The molecule has 0 bridgehead atoms. The summed E-state index contributed by atoms with van der Waals surface area (Å²) >= 11 is 5.96. The first kappa shape index (κ1) is 15.8. The highest BCUT2D eigenvalue weighted by Gasteiger charge is 2.35. The van der Waals surface area contributed by atoms with Gasteiger partial charge in [-0.05, 0) is 36.6 Å². The number of hydrogen-bond donors (Lipinski definition) is 2. The first-order chi connectivity index (χ1) is 11.0. The average molecular weight is 334 g/mol. The van der Waals surface area contributed by atoms with E-state index in [1.165, 1.54) is 18.5 Å². The number of aromatic nitrogens is 1. The molecule has 5 nitrogen and oxygen atoms in total. The van der Waals surface area contributed by atoms with E-state index in [0.717, 1.165) is 0 Å². The van der Waals surface area contributed by atoms with Crippen molar-refractivity contribution in [3.63, 3.8) is 0 Å². The molecule has 120 valence electrons. The fourth-order valence-corrected chi connectivity index (χ4v) is 3.06. The number of ether oxygens (including phenoxy) is 1. The second-order valence-corrected chi connectivity index (χ2v) is 6.04. The third-order valence-electron chi connectivity index (χ3n) is 4.16. The van der Waals surface area contributed by atoms with Gasteiger partial charge in [-0.2, -0.15) is 0 Å². The summed E-state index contributed by atoms with van der Waals surface area (Å²) in [5.74, 6) is -0.413. The fraction of sp³-hybridized carbons (Fsp3) is 0.294. The molecule has 0 radical (unpaired) electrons. The molecule has 23 heavy (non-hydrogen) atoms. The van der Waals surface area contributed by atoms with E-state index in [0.29, 0.717) is 47.8 Å². The zero-order chi connectivity index (χ0) is 16.4. The van der Waals surface area contributed by atoms with Crippen molar-refractivity contribution in [2.75, 3.05) is 6.61 Å². The van der Waals surface area contributed by atoms with Crippen LogP contribution in [0.3, 0.4) is 0 Å². The number of rotatable bonds is 4. The van der Waals surface area contributed by atoms with Crippen LogP contribution in [0, 0.1) is 0 Å². The van der Waals surface area contributed by atoms with Crippen LogP contribution in [0.25, 0.3) is 0 Å². The van der Waals surface area contributed by atoms with Crippen LogP contribution in [0.1, 0.15) is 34.3 Å². The minimum Gasteiger partial charge on any atom is -0.493 e. The highest BCUT2D eigenvalue weighted by molar-refractivity contribution is 6.30. The lowest BCUT2D eigenvalue weighted by molar-refractivity contribution is -0.0104. The van der Waals surface area contributed by atoms with E-state index in [-0.39, 0.29) is 5.56 Å². The summed E-state index contributed by atoms with van der Waals surface area (Å²) in [5.41, 5.74) is 0.445. The Morgan fingerprint density at radius 1 is 1.39 bits per heavy atom. The van der Waals surface area contributed by atoms with Crippen molar-refractivity contribution >= 4 is 17.6 Å². The lowest BCUT2D eigenvalue weighted by Gasteiger charge is -2.34. The number of halogens is 1. The van der Waals surface area contributed by atoms with Gasteiger partial charge in [0, 0.05) is 29.4 Å². The third-order valence-corrected chi connectivity index (χ3v) is 4.40. The Hall–Kier alpha value is -2.11. The molecule has 1 aromatic carbocycles. The molecule has 1 atom stereocenters. The Balaban J connectivity index is 1.86. The molecule has 2 aromatic rings. The summed E-state index contributed by atoms with van der Waals surface area (Å²) < 4.78 is 5.56. The number of carbonyl (C=O) groups is 1. The molecule has 2 N–H and O–H groups in total. The molecule has 0 fully saturated rings. The van der Waals surface area contributed by atoms with E-state index in [1.807, 2.05) is 0 Å². The number of fused-ring (bicyclic) bond motifs is 1. The minimum atomic E-state index is -1.07. The summed E-state index contributed by atoms with van der Waals surface area (Å²) in [6, 6.07) is 6.64. The van der Waals surface area contributed by atoms with Gasteiger partial charge in [0.15, 0.2) is 0 Å². The van der Waals surface area contributed by atoms with Gasteiger partial charge >= 0.3 is 5.97 Å². The Bertz CT molecular complexity index is 749. The van der Waals surface area contributed by atoms with E-state index in [4.69, 9.17) is 16.3 Å². The molecule has 1 unspecified atom stereocenters. The number of carboxylic acid groups (broad SMARTS) is 1. The summed E-state index contributed by atoms with van der Waals surface area (Å²) in [6.45, 7) is 0.392. The number of hydrogen-bond acceptors (Lipinski definition) is 4. The predicted octanol–water partition coefficient (Wildman–Crippen LogP) is 3.04. The molecule has 0 spiro atoms. The maximum absolute atomic E-state index is 11.3. The van der Waals surface area contributed by atoms with Crippen LogP contribution in [0.5, 0.6) is 5.75 Å². The van der Waals surface area contributed by atoms with Gasteiger partial charge in [-0.1, -0.05) is 17.7 Å². The summed E-state index contributed by atoms with van der Waals surface area (Å²) in [5, 5.41) is 20.8. The largest absolute Gasteiger partial charge is 0.493 e. The van der Waals surface area contributed by atoms with E-state index >= 15 is 0 Å². The van der Waals surface area contributed by atoms with Gasteiger partial charge in [0.05, 0.1) is 17.8 Å². The monoisotopic (exact) mass is 333 g/mol. The molecule has 0 amide bonds. The number of aliphatic hydroxyl groups is 1. The average Bonchev–Trinajstić information content (AvgIpc) is 2.53. The van der Waals surface area contributed by atoms with Crippen molar-refractivity contribution in [1.82, 2.24) is 4.98 Å². The number of benzene rings is 1. The van der Waals surface area contributed by atoms with Crippen LogP contribution in [0.2, 0.25) is 5.02 Å². The molecule has 0 saturated heterocycles.